The van der Waals surface area contributed by atoms with E-state index in [-0.39, 0.29) is 12.3 Å². The van der Waals surface area contributed by atoms with Crippen molar-refractivity contribution in [2.24, 2.45) is 0 Å². The fourth-order valence-electron chi connectivity index (χ4n) is 2.68. The first-order valence-electron chi connectivity index (χ1n) is 6.99. The molecule has 1 atom stereocenters. The minimum Gasteiger partial charge on any atom is -0.392 e. The van der Waals surface area contributed by atoms with Gasteiger partial charge in [0.05, 0.1) is 0 Å². The lowest BCUT2D eigenvalue weighted by molar-refractivity contribution is -0.165. The molecule has 1 unspecified atom stereocenters. The number of nitrogens with one attached hydrogen (secondary N) is 1. The lowest BCUT2D eigenvalue weighted by Gasteiger charge is -2.23. The van der Waals surface area contributed by atoms with E-state index in [1.54, 1.807) is 0 Å². The van der Waals surface area contributed by atoms with Gasteiger partial charge < -0.3 is 10.1 Å². The summed E-state index contributed by atoms with van der Waals surface area (Å²) in [6.07, 6.45) is 4.03. The van der Waals surface area contributed by atoms with Crippen LogP contribution in [0.25, 0.3) is 5.57 Å². The molecule has 21 heavy (non-hydrogen) atoms. The molecule has 1 aliphatic carbocycles. The van der Waals surface area contributed by atoms with Gasteiger partial charge in [0.15, 0.2) is 0 Å². The molecule has 0 radical (unpaired) electrons. The number of hydrogen-bond acceptors (Lipinski definition) is 4. The first-order valence-corrected chi connectivity index (χ1v) is 6.99. The van der Waals surface area contributed by atoms with Crippen molar-refractivity contribution in [3.8, 4) is 0 Å². The predicted octanol–water partition coefficient (Wildman–Crippen LogP) is 1.36. The van der Waals surface area contributed by atoms with E-state index in [4.69, 9.17) is 0 Å². The van der Waals surface area contributed by atoms with Crippen molar-refractivity contribution in [2.45, 2.75) is 31.7 Å². The Balaban J connectivity index is 1.76. The van der Waals surface area contributed by atoms with E-state index in [1.807, 2.05) is 30.3 Å². The molecule has 1 aromatic rings. The van der Waals surface area contributed by atoms with Gasteiger partial charge in [-0.2, -0.15) is 0 Å². The Morgan fingerprint density at radius 1 is 1.19 bits per heavy atom. The number of cyclic esters (lactones) is 2. The molecule has 1 N–H and O–H groups in total. The Morgan fingerprint density at radius 2 is 2.00 bits per heavy atom. The second-order valence-corrected chi connectivity index (χ2v) is 5.17. The number of allylic oxidation sites excluding steroid dienone is 1. The second kappa shape index (κ2) is 5.52. The van der Waals surface area contributed by atoms with Gasteiger partial charge in [0.2, 0.25) is 0 Å². The third-order valence-corrected chi connectivity index (χ3v) is 3.76. The largest absolute Gasteiger partial charge is 0.392 e. The molecule has 1 aromatic carbocycles. The number of benzene rings is 1. The minimum absolute atomic E-state index is 0.145. The maximum absolute atomic E-state index is 12.4. The van der Waals surface area contributed by atoms with Crippen LogP contribution >= 0.6 is 0 Å². The van der Waals surface area contributed by atoms with Crippen molar-refractivity contribution in [1.82, 2.24) is 5.32 Å². The Bertz CT molecular complexity index is 647. The highest BCUT2D eigenvalue weighted by Crippen LogP contribution is 2.26. The van der Waals surface area contributed by atoms with Gasteiger partial charge in [-0.15, -0.1) is 0 Å². The molecule has 5 nitrogen and oxygen atoms in total. The average Bonchev–Trinajstić information content (AvgIpc) is 2.49. The standard InChI is InChI=1S/C16H15NO4/c18-14-9-8-13(16(20)21-14)17-15(19)12-7-3-5-10-4-1-2-6-11(10)12/h1-2,4,6-7,13H,3,5,8-9H2,(H,17,19). The molecule has 0 saturated carbocycles. The van der Waals surface area contributed by atoms with E-state index in [0.717, 1.165) is 24.0 Å². The molecule has 1 heterocycles. The molecule has 1 saturated heterocycles. The van der Waals surface area contributed by atoms with E-state index in [0.29, 0.717) is 12.0 Å². The summed E-state index contributed by atoms with van der Waals surface area (Å²) in [5.41, 5.74) is 2.62. The number of esters is 2. The van der Waals surface area contributed by atoms with E-state index in [1.165, 1.54) is 0 Å². The van der Waals surface area contributed by atoms with Crippen molar-refractivity contribution >= 4 is 23.4 Å². The van der Waals surface area contributed by atoms with Crippen molar-refractivity contribution in [2.75, 3.05) is 0 Å². The first kappa shape index (κ1) is 13.5. The van der Waals surface area contributed by atoms with Gasteiger partial charge in [-0.3, -0.25) is 9.59 Å². The van der Waals surface area contributed by atoms with Gasteiger partial charge >= 0.3 is 11.9 Å². The van der Waals surface area contributed by atoms with Gasteiger partial charge in [0, 0.05) is 12.0 Å². The topological polar surface area (TPSA) is 72.5 Å². The zero-order chi connectivity index (χ0) is 14.8. The summed E-state index contributed by atoms with van der Waals surface area (Å²) in [6, 6.07) is 7.00. The van der Waals surface area contributed by atoms with Crippen molar-refractivity contribution in [3.63, 3.8) is 0 Å². The fraction of sp³-hybridized carbons (Fsp3) is 0.312. The Hall–Kier alpha value is -2.43. The normalized spacial score (nSPS) is 21.1. The van der Waals surface area contributed by atoms with Crippen molar-refractivity contribution < 1.29 is 19.1 Å². The van der Waals surface area contributed by atoms with Crippen LogP contribution in [0.3, 0.4) is 0 Å². The highest BCUT2D eigenvalue weighted by atomic mass is 16.6. The number of aryl methyl sites for hydroxylation is 1. The summed E-state index contributed by atoms with van der Waals surface area (Å²) in [7, 11) is 0. The average molecular weight is 285 g/mol. The third kappa shape index (κ3) is 2.72. The van der Waals surface area contributed by atoms with E-state index < -0.39 is 18.0 Å². The molecular formula is C16H15NO4. The van der Waals surface area contributed by atoms with E-state index >= 15 is 0 Å². The minimum atomic E-state index is -0.745. The summed E-state index contributed by atoms with van der Waals surface area (Å²) in [6.45, 7) is 0. The highest BCUT2D eigenvalue weighted by molar-refractivity contribution is 6.21. The summed E-state index contributed by atoms with van der Waals surface area (Å²) in [5.74, 6) is -1.50. The molecule has 108 valence electrons. The number of rotatable bonds is 2. The van der Waals surface area contributed by atoms with Gasteiger partial charge in [0.1, 0.15) is 6.04 Å². The molecule has 2 aliphatic rings. The number of carbonyl (C=O) groups is 3. The van der Waals surface area contributed by atoms with Gasteiger partial charge in [-0.25, -0.2) is 4.79 Å². The van der Waals surface area contributed by atoms with Crippen LogP contribution in [0.1, 0.15) is 30.4 Å². The van der Waals surface area contributed by atoms with Crippen LogP contribution < -0.4 is 5.32 Å². The van der Waals surface area contributed by atoms with Gasteiger partial charge in [-0.1, -0.05) is 30.3 Å². The summed E-state index contributed by atoms with van der Waals surface area (Å²) in [4.78, 5) is 35.0. The van der Waals surface area contributed by atoms with Crippen LogP contribution in [-0.4, -0.2) is 23.9 Å². The lowest BCUT2D eigenvalue weighted by Crippen LogP contribution is -2.45. The van der Waals surface area contributed by atoms with Crippen LogP contribution in [0.2, 0.25) is 0 Å². The molecule has 0 spiro atoms. The van der Waals surface area contributed by atoms with Crippen LogP contribution in [0.5, 0.6) is 0 Å². The third-order valence-electron chi connectivity index (χ3n) is 3.76. The highest BCUT2D eigenvalue weighted by Gasteiger charge is 2.31. The molecular weight excluding hydrogens is 270 g/mol. The fourth-order valence-corrected chi connectivity index (χ4v) is 2.68. The molecule has 1 fully saturated rings. The molecule has 1 amide bonds. The molecule has 3 rings (SSSR count). The molecule has 5 heteroatoms. The zero-order valence-corrected chi connectivity index (χ0v) is 11.4. The number of amides is 1. The lowest BCUT2D eigenvalue weighted by atomic mass is 9.90. The van der Waals surface area contributed by atoms with Gasteiger partial charge in [-0.05, 0) is 30.4 Å². The number of ether oxygens (including phenoxy) is 1. The zero-order valence-electron chi connectivity index (χ0n) is 11.4. The molecule has 1 aliphatic heterocycles. The maximum atomic E-state index is 12.4. The van der Waals surface area contributed by atoms with Crippen LogP contribution in [0.4, 0.5) is 0 Å². The quantitative estimate of drug-likeness (QED) is 0.658. The maximum Gasteiger partial charge on any atom is 0.336 e. The summed E-state index contributed by atoms with van der Waals surface area (Å²) in [5, 5.41) is 2.67. The van der Waals surface area contributed by atoms with Crippen molar-refractivity contribution in [3.05, 3.63) is 41.5 Å². The van der Waals surface area contributed by atoms with E-state index in [9.17, 15) is 14.4 Å². The molecule has 0 aromatic heterocycles. The summed E-state index contributed by atoms with van der Waals surface area (Å²) >= 11 is 0. The number of fused-ring (bicyclic) bond motifs is 1. The van der Waals surface area contributed by atoms with Crippen LogP contribution in [-0.2, 0) is 25.5 Å². The van der Waals surface area contributed by atoms with Gasteiger partial charge in [0.25, 0.3) is 5.91 Å². The SMILES string of the molecule is O=C1CCC(NC(=O)C2=CCCc3ccccc32)C(=O)O1. The Labute approximate surface area is 122 Å². The van der Waals surface area contributed by atoms with Crippen LogP contribution in [0, 0.1) is 0 Å². The smallest absolute Gasteiger partial charge is 0.336 e. The Kier molecular flexibility index (Phi) is 3.56. The molecule has 0 bridgehead atoms. The number of hydrogen-bond donors (Lipinski definition) is 1. The Morgan fingerprint density at radius 3 is 2.81 bits per heavy atom. The monoisotopic (exact) mass is 285 g/mol. The number of carbonyl (C=O) groups excluding carboxylic acids is 3. The second-order valence-electron chi connectivity index (χ2n) is 5.17. The van der Waals surface area contributed by atoms with Crippen molar-refractivity contribution in [1.29, 1.82) is 0 Å². The summed E-state index contributed by atoms with van der Waals surface area (Å²) < 4.78 is 4.54. The van der Waals surface area contributed by atoms with E-state index in [2.05, 4.69) is 10.1 Å². The predicted molar refractivity (Wildman–Crippen MR) is 75.0 cm³/mol. The van der Waals surface area contributed by atoms with Crippen LogP contribution in [0.15, 0.2) is 30.3 Å². The first-order chi connectivity index (χ1) is 10.1.